The van der Waals surface area contributed by atoms with Crippen LogP contribution >= 0.6 is 11.3 Å². The summed E-state index contributed by atoms with van der Waals surface area (Å²) in [6.45, 7) is 3.77. The number of hydrogen-bond donors (Lipinski definition) is 2. The van der Waals surface area contributed by atoms with Crippen molar-refractivity contribution in [1.29, 1.82) is 0 Å². The van der Waals surface area contributed by atoms with Crippen molar-refractivity contribution in [2.75, 3.05) is 5.32 Å². The normalized spacial score (nSPS) is 10.8. The van der Waals surface area contributed by atoms with Gasteiger partial charge in [-0.25, -0.2) is 9.97 Å². The van der Waals surface area contributed by atoms with Crippen LogP contribution in [-0.4, -0.2) is 20.9 Å². The Bertz CT molecular complexity index is 759. The van der Waals surface area contributed by atoms with E-state index in [1.165, 1.54) is 0 Å². The summed E-state index contributed by atoms with van der Waals surface area (Å²) in [7, 11) is 0. The number of nitrogens with zero attached hydrogens (tertiary/aromatic N) is 2. The fourth-order valence-electron chi connectivity index (χ4n) is 1.93. The smallest absolute Gasteiger partial charge is 0.275 e. The molecule has 0 aliphatic heterocycles. The van der Waals surface area contributed by atoms with E-state index in [4.69, 9.17) is 0 Å². The molecule has 0 aromatic carbocycles. The van der Waals surface area contributed by atoms with E-state index in [1.807, 2.05) is 24.4 Å². The van der Waals surface area contributed by atoms with Crippen LogP contribution in [0.5, 0.6) is 0 Å². The number of amides is 1. The molecule has 5 nitrogen and oxygen atoms in total. The number of aromatic amines is 1. The molecule has 2 N–H and O–H groups in total. The third-order valence-corrected chi connectivity index (χ3v) is 3.59. The van der Waals surface area contributed by atoms with Crippen LogP contribution in [0.2, 0.25) is 0 Å². The van der Waals surface area contributed by atoms with Gasteiger partial charge in [-0.15, -0.1) is 11.3 Å². The lowest BCUT2D eigenvalue weighted by Crippen LogP contribution is -2.14. The van der Waals surface area contributed by atoms with Crippen LogP contribution in [0.15, 0.2) is 23.7 Å². The van der Waals surface area contributed by atoms with Gasteiger partial charge < -0.3 is 10.3 Å². The Morgan fingerprint density at radius 3 is 2.95 bits per heavy atom. The number of H-pyrrole nitrogens is 1. The number of thiophene rings is 1. The van der Waals surface area contributed by atoms with E-state index in [9.17, 15) is 4.79 Å². The molecule has 19 heavy (non-hydrogen) atoms. The van der Waals surface area contributed by atoms with Gasteiger partial charge in [0.1, 0.15) is 17.2 Å². The molecule has 0 bridgehead atoms. The van der Waals surface area contributed by atoms with Crippen LogP contribution in [-0.2, 0) is 0 Å². The quantitative estimate of drug-likeness (QED) is 0.753. The largest absolute Gasteiger partial charge is 0.346 e. The fourth-order valence-corrected chi connectivity index (χ4v) is 2.56. The van der Waals surface area contributed by atoms with Gasteiger partial charge in [0.2, 0.25) is 0 Å². The number of fused-ring (bicyclic) bond motifs is 1. The van der Waals surface area contributed by atoms with Gasteiger partial charge in [0.15, 0.2) is 0 Å². The van der Waals surface area contributed by atoms with Crippen LogP contribution < -0.4 is 5.32 Å². The lowest BCUT2D eigenvalue weighted by atomic mass is 10.2. The van der Waals surface area contributed by atoms with Gasteiger partial charge in [-0.1, -0.05) is 0 Å². The van der Waals surface area contributed by atoms with Crippen LogP contribution in [0.4, 0.5) is 5.69 Å². The zero-order chi connectivity index (χ0) is 13.4. The number of hydrogen-bond acceptors (Lipinski definition) is 4. The van der Waals surface area contributed by atoms with Crippen molar-refractivity contribution >= 4 is 34.0 Å². The molecule has 3 aromatic rings. The molecule has 96 valence electrons. The maximum absolute atomic E-state index is 12.3. The van der Waals surface area contributed by atoms with Crippen LogP contribution in [0, 0.1) is 13.8 Å². The van der Waals surface area contributed by atoms with E-state index in [-0.39, 0.29) is 5.91 Å². The van der Waals surface area contributed by atoms with Crippen molar-refractivity contribution < 1.29 is 4.79 Å². The summed E-state index contributed by atoms with van der Waals surface area (Å²) in [5.41, 5.74) is 1.87. The van der Waals surface area contributed by atoms with E-state index in [0.717, 1.165) is 16.0 Å². The Morgan fingerprint density at radius 2 is 2.21 bits per heavy atom. The summed E-state index contributed by atoms with van der Waals surface area (Å²) in [5.74, 6) is 0.356. The van der Waals surface area contributed by atoms with E-state index in [1.54, 1.807) is 24.5 Å². The predicted octanol–water partition coefficient (Wildman–Crippen LogP) is 2.89. The van der Waals surface area contributed by atoms with E-state index in [0.29, 0.717) is 17.2 Å². The Hall–Kier alpha value is -2.21. The standard InChI is InChI=1S/C13H12N4OS/c1-7-5-9(6-19-7)17-13(18)11-10-3-4-14-12(10)16-8(2)15-11/h3-6H,1-2H3,(H,17,18)(H,14,15,16). The highest BCUT2D eigenvalue weighted by Crippen LogP contribution is 2.20. The lowest BCUT2D eigenvalue weighted by molar-refractivity contribution is 0.102. The zero-order valence-corrected chi connectivity index (χ0v) is 11.3. The summed E-state index contributed by atoms with van der Waals surface area (Å²) in [6, 6.07) is 3.74. The Morgan fingerprint density at radius 1 is 1.37 bits per heavy atom. The maximum atomic E-state index is 12.3. The molecule has 0 saturated carbocycles. The summed E-state index contributed by atoms with van der Waals surface area (Å²) in [5, 5.41) is 5.50. The van der Waals surface area contributed by atoms with Gasteiger partial charge in [0, 0.05) is 16.5 Å². The number of carbonyl (C=O) groups is 1. The van der Waals surface area contributed by atoms with E-state index < -0.39 is 0 Å². The third-order valence-electron chi connectivity index (χ3n) is 2.73. The molecule has 3 aromatic heterocycles. The van der Waals surface area contributed by atoms with Gasteiger partial charge in [0.25, 0.3) is 5.91 Å². The lowest BCUT2D eigenvalue weighted by Gasteiger charge is -2.04. The Balaban J connectivity index is 1.99. The highest BCUT2D eigenvalue weighted by atomic mass is 32.1. The molecule has 6 heteroatoms. The monoisotopic (exact) mass is 272 g/mol. The molecule has 0 aliphatic rings. The minimum Gasteiger partial charge on any atom is -0.346 e. The topological polar surface area (TPSA) is 70.7 Å². The summed E-state index contributed by atoms with van der Waals surface area (Å²) in [4.78, 5) is 24.9. The first kappa shape index (κ1) is 11.9. The molecule has 0 fully saturated rings. The molecule has 0 spiro atoms. The fraction of sp³-hybridized carbons (Fsp3) is 0.154. The zero-order valence-electron chi connectivity index (χ0n) is 10.5. The predicted molar refractivity (Wildman–Crippen MR) is 75.6 cm³/mol. The molecular formula is C13H12N4OS. The molecule has 0 unspecified atom stereocenters. The molecule has 0 saturated heterocycles. The summed E-state index contributed by atoms with van der Waals surface area (Å²) in [6.07, 6.45) is 1.75. The van der Waals surface area contributed by atoms with Crippen molar-refractivity contribution in [3.8, 4) is 0 Å². The van der Waals surface area contributed by atoms with Gasteiger partial charge in [-0.2, -0.15) is 0 Å². The molecule has 3 rings (SSSR count). The molecular weight excluding hydrogens is 260 g/mol. The Labute approximate surface area is 113 Å². The highest BCUT2D eigenvalue weighted by molar-refractivity contribution is 7.10. The first-order chi connectivity index (χ1) is 9.13. The van der Waals surface area contributed by atoms with Gasteiger partial charge >= 0.3 is 0 Å². The average Bonchev–Trinajstić information content (AvgIpc) is 2.96. The van der Waals surface area contributed by atoms with Crippen LogP contribution in [0.1, 0.15) is 21.2 Å². The van der Waals surface area contributed by atoms with Gasteiger partial charge in [-0.05, 0) is 26.0 Å². The second kappa shape index (κ2) is 4.47. The number of aromatic nitrogens is 3. The van der Waals surface area contributed by atoms with Crippen molar-refractivity contribution in [1.82, 2.24) is 15.0 Å². The maximum Gasteiger partial charge on any atom is 0.275 e. The third kappa shape index (κ3) is 2.22. The summed E-state index contributed by atoms with van der Waals surface area (Å²) < 4.78 is 0. The SMILES string of the molecule is Cc1nc(C(=O)Nc2csc(C)c2)c2cc[nH]c2n1. The number of aryl methyl sites for hydroxylation is 2. The Kier molecular flexibility index (Phi) is 2.79. The molecule has 1 amide bonds. The van der Waals surface area contributed by atoms with E-state index >= 15 is 0 Å². The molecule has 0 aliphatic carbocycles. The number of carbonyl (C=O) groups excluding carboxylic acids is 1. The van der Waals surface area contributed by atoms with Crippen LogP contribution in [0.25, 0.3) is 11.0 Å². The summed E-state index contributed by atoms with van der Waals surface area (Å²) >= 11 is 1.60. The van der Waals surface area contributed by atoms with Crippen molar-refractivity contribution in [3.05, 3.63) is 40.1 Å². The van der Waals surface area contributed by atoms with Crippen LogP contribution in [0.3, 0.4) is 0 Å². The number of nitrogens with one attached hydrogen (secondary N) is 2. The number of rotatable bonds is 2. The van der Waals surface area contributed by atoms with Gasteiger partial charge in [-0.3, -0.25) is 4.79 Å². The van der Waals surface area contributed by atoms with Crippen molar-refractivity contribution in [3.63, 3.8) is 0 Å². The first-order valence-corrected chi connectivity index (χ1v) is 6.69. The van der Waals surface area contributed by atoms with Gasteiger partial charge in [0.05, 0.1) is 11.1 Å². The highest BCUT2D eigenvalue weighted by Gasteiger charge is 2.15. The minimum absolute atomic E-state index is 0.215. The first-order valence-electron chi connectivity index (χ1n) is 5.82. The average molecular weight is 272 g/mol. The molecule has 3 heterocycles. The molecule has 0 radical (unpaired) electrons. The van der Waals surface area contributed by atoms with Crippen molar-refractivity contribution in [2.24, 2.45) is 0 Å². The second-order valence-corrected chi connectivity index (χ2v) is 5.37. The van der Waals surface area contributed by atoms with E-state index in [2.05, 4.69) is 20.3 Å². The second-order valence-electron chi connectivity index (χ2n) is 4.26. The minimum atomic E-state index is -0.215. The van der Waals surface area contributed by atoms with Crippen molar-refractivity contribution in [2.45, 2.75) is 13.8 Å². The number of anilines is 1. The molecule has 0 atom stereocenters.